The normalized spacial score (nSPS) is 11.6. The Hall–Kier alpha value is -1.51. The lowest BCUT2D eigenvalue weighted by Gasteiger charge is -2.05. The first kappa shape index (κ1) is 15.5. The van der Waals surface area contributed by atoms with Crippen molar-refractivity contribution in [2.75, 3.05) is 7.11 Å². The Morgan fingerprint density at radius 1 is 1.26 bits per heavy atom. The lowest BCUT2D eigenvalue weighted by atomic mass is 10.0. The van der Waals surface area contributed by atoms with E-state index in [1.807, 2.05) is 12.1 Å². The Morgan fingerprint density at radius 2 is 2.00 bits per heavy atom. The molecule has 0 N–H and O–H groups in total. The van der Waals surface area contributed by atoms with Gasteiger partial charge < -0.3 is 9.15 Å². The Bertz CT molecular complexity index is 377. The summed E-state index contributed by atoms with van der Waals surface area (Å²) >= 11 is 0. The van der Waals surface area contributed by atoms with Crippen LogP contribution in [0.2, 0.25) is 0 Å². The van der Waals surface area contributed by atoms with E-state index in [1.54, 1.807) is 12.3 Å². The van der Waals surface area contributed by atoms with Crippen molar-refractivity contribution >= 4 is 12.0 Å². The summed E-state index contributed by atoms with van der Waals surface area (Å²) in [6, 6.07) is 3.65. The largest absolute Gasteiger partial charge is 0.466 e. The number of carbonyl (C=O) groups is 1. The zero-order valence-corrected chi connectivity index (χ0v) is 12.0. The summed E-state index contributed by atoms with van der Waals surface area (Å²) in [7, 11) is 1.42. The molecule has 1 rings (SSSR count). The van der Waals surface area contributed by atoms with Gasteiger partial charge in [-0.15, -0.1) is 0 Å². The van der Waals surface area contributed by atoms with Gasteiger partial charge in [0, 0.05) is 5.57 Å². The van der Waals surface area contributed by atoms with Crippen LogP contribution < -0.4 is 0 Å². The summed E-state index contributed by atoms with van der Waals surface area (Å²) in [6.07, 6.45) is 11.4. The third kappa shape index (κ3) is 6.27. The Kier molecular flexibility index (Phi) is 7.71. The minimum Gasteiger partial charge on any atom is -0.466 e. The molecule has 0 unspecified atom stereocenters. The van der Waals surface area contributed by atoms with Crippen molar-refractivity contribution in [2.45, 2.75) is 51.9 Å². The summed E-state index contributed by atoms with van der Waals surface area (Å²) in [5.41, 5.74) is 0.688. The quantitative estimate of drug-likeness (QED) is 0.372. The summed E-state index contributed by atoms with van der Waals surface area (Å²) in [5.74, 6) is 0.441. The second-order valence-electron chi connectivity index (χ2n) is 4.69. The summed E-state index contributed by atoms with van der Waals surface area (Å²) in [5, 5.41) is 0. The molecule has 3 nitrogen and oxygen atoms in total. The molecule has 0 aliphatic carbocycles. The molecule has 0 fully saturated rings. The minimum absolute atomic E-state index is 0.259. The molecular formula is C16H24O3. The molecule has 1 heterocycles. The Morgan fingerprint density at radius 3 is 2.63 bits per heavy atom. The Balaban J connectivity index is 2.41. The molecule has 106 valence electrons. The summed E-state index contributed by atoms with van der Waals surface area (Å²) in [4.78, 5) is 11.7. The number of ether oxygens (including phenoxy) is 1. The molecule has 0 aliphatic heterocycles. The average molecular weight is 264 g/mol. The molecule has 0 saturated heterocycles. The van der Waals surface area contributed by atoms with Crippen LogP contribution in [0.25, 0.3) is 6.08 Å². The van der Waals surface area contributed by atoms with Crippen molar-refractivity contribution < 1.29 is 13.9 Å². The first-order chi connectivity index (χ1) is 9.27. The summed E-state index contributed by atoms with van der Waals surface area (Å²) in [6.45, 7) is 2.21. The SMILES string of the molecule is CCCCCCCC/C(=C\c1ccco1)C(=O)OC. The van der Waals surface area contributed by atoms with E-state index < -0.39 is 0 Å². The van der Waals surface area contributed by atoms with Crippen LogP contribution in [0.3, 0.4) is 0 Å². The number of unbranched alkanes of at least 4 members (excludes halogenated alkanes) is 5. The van der Waals surface area contributed by atoms with E-state index in [-0.39, 0.29) is 5.97 Å². The van der Waals surface area contributed by atoms with Crippen molar-refractivity contribution in [1.82, 2.24) is 0 Å². The zero-order valence-electron chi connectivity index (χ0n) is 12.0. The number of furan rings is 1. The van der Waals surface area contributed by atoms with E-state index >= 15 is 0 Å². The van der Waals surface area contributed by atoms with Crippen molar-refractivity contribution in [1.29, 1.82) is 0 Å². The molecule has 0 atom stereocenters. The molecule has 19 heavy (non-hydrogen) atoms. The van der Waals surface area contributed by atoms with E-state index in [4.69, 9.17) is 9.15 Å². The van der Waals surface area contributed by atoms with Gasteiger partial charge in [0.05, 0.1) is 13.4 Å². The highest BCUT2D eigenvalue weighted by Crippen LogP contribution is 2.16. The molecule has 0 spiro atoms. The third-order valence-corrected chi connectivity index (χ3v) is 3.11. The van der Waals surface area contributed by atoms with Crippen molar-refractivity contribution in [2.24, 2.45) is 0 Å². The van der Waals surface area contributed by atoms with E-state index in [1.165, 1.54) is 32.8 Å². The fourth-order valence-electron chi connectivity index (χ4n) is 2.01. The van der Waals surface area contributed by atoms with Crippen molar-refractivity contribution in [3.63, 3.8) is 0 Å². The summed E-state index contributed by atoms with van der Waals surface area (Å²) < 4.78 is 10.0. The fraction of sp³-hybridized carbons (Fsp3) is 0.562. The van der Waals surface area contributed by atoms with E-state index in [0.29, 0.717) is 11.3 Å². The van der Waals surface area contributed by atoms with Gasteiger partial charge in [0.2, 0.25) is 0 Å². The van der Waals surface area contributed by atoms with Gasteiger partial charge in [-0.25, -0.2) is 4.79 Å². The van der Waals surface area contributed by atoms with Gasteiger partial charge in [-0.3, -0.25) is 0 Å². The Labute approximate surface area is 115 Å². The third-order valence-electron chi connectivity index (χ3n) is 3.11. The van der Waals surface area contributed by atoms with Crippen LogP contribution in [0.5, 0.6) is 0 Å². The maximum Gasteiger partial charge on any atom is 0.333 e. The highest BCUT2D eigenvalue weighted by Gasteiger charge is 2.10. The maximum absolute atomic E-state index is 11.7. The fourth-order valence-corrected chi connectivity index (χ4v) is 2.01. The van der Waals surface area contributed by atoms with E-state index in [2.05, 4.69) is 6.92 Å². The van der Waals surface area contributed by atoms with Gasteiger partial charge >= 0.3 is 5.97 Å². The molecular weight excluding hydrogens is 240 g/mol. The smallest absolute Gasteiger partial charge is 0.333 e. The number of carbonyl (C=O) groups excluding carboxylic acids is 1. The topological polar surface area (TPSA) is 39.4 Å². The van der Waals surface area contributed by atoms with Gasteiger partial charge in [-0.2, -0.15) is 0 Å². The predicted molar refractivity (Wildman–Crippen MR) is 76.7 cm³/mol. The molecule has 1 aromatic heterocycles. The van der Waals surface area contributed by atoms with Gasteiger partial charge in [0.1, 0.15) is 5.76 Å². The van der Waals surface area contributed by atoms with E-state index in [9.17, 15) is 4.79 Å². The standard InChI is InChI=1S/C16H24O3/c1-3-4-5-6-7-8-10-14(16(17)18-2)13-15-11-9-12-19-15/h9,11-13H,3-8,10H2,1-2H3/b14-13+. The molecule has 3 heteroatoms. The van der Waals surface area contributed by atoms with E-state index in [0.717, 1.165) is 19.3 Å². The molecule has 0 aromatic carbocycles. The molecule has 0 bridgehead atoms. The van der Waals surface area contributed by atoms with Gasteiger partial charge in [0.25, 0.3) is 0 Å². The lowest BCUT2D eigenvalue weighted by molar-refractivity contribution is -0.136. The molecule has 0 amide bonds. The number of esters is 1. The number of hydrogen-bond acceptors (Lipinski definition) is 3. The van der Waals surface area contributed by atoms with Crippen LogP contribution in [0, 0.1) is 0 Å². The van der Waals surface area contributed by atoms with Crippen LogP contribution in [0.15, 0.2) is 28.4 Å². The van der Waals surface area contributed by atoms with Crippen molar-refractivity contribution in [3.05, 3.63) is 29.7 Å². The average Bonchev–Trinajstić information content (AvgIpc) is 2.93. The number of rotatable bonds is 9. The molecule has 0 aliphatic rings. The van der Waals surface area contributed by atoms with Gasteiger partial charge in [-0.05, 0) is 31.1 Å². The maximum atomic E-state index is 11.7. The van der Waals surface area contributed by atoms with Gasteiger partial charge in [-0.1, -0.05) is 39.0 Å². The van der Waals surface area contributed by atoms with Crippen LogP contribution in [0.4, 0.5) is 0 Å². The predicted octanol–water partition coefficient (Wildman–Crippen LogP) is 4.59. The number of hydrogen-bond donors (Lipinski definition) is 0. The molecule has 0 saturated carbocycles. The highest BCUT2D eigenvalue weighted by atomic mass is 16.5. The van der Waals surface area contributed by atoms with Gasteiger partial charge in [0.15, 0.2) is 0 Å². The second-order valence-corrected chi connectivity index (χ2v) is 4.69. The van der Waals surface area contributed by atoms with Crippen LogP contribution in [0.1, 0.15) is 57.6 Å². The highest BCUT2D eigenvalue weighted by molar-refractivity contribution is 5.93. The van der Waals surface area contributed by atoms with Crippen molar-refractivity contribution in [3.8, 4) is 0 Å². The monoisotopic (exact) mass is 264 g/mol. The lowest BCUT2D eigenvalue weighted by Crippen LogP contribution is -2.04. The first-order valence-corrected chi connectivity index (χ1v) is 7.10. The molecule has 1 aromatic rings. The van der Waals surface area contributed by atoms with Crippen LogP contribution >= 0.6 is 0 Å². The second kappa shape index (κ2) is 9.42. The first-order valence-electron chi connectivity index (χ1n) is 7.10. The zero-order chi connectivity index (χ0) is 13.9. The van der Waals surface area contributed by atoms with Crippen LogP contribution in [-0.2, 0) is 9.53 Å². The minimum atomic E-state index is -0.259. The van der Waals surface area contributed by atoms with Crippen LogP contribution in [-0.4, -0.2) is 13.1 Å². The number of methoxy groups -OCH3 is 1. The molecule has 0 radical (unpaired) electrons.